The van der Waals surface area contributed by atoms with E-state index in [0.29, 0.717) is 34.3 Å². The highest BCUT2D eigenvalue weighted by Gasteiger charge is 2.08. The molecule has 0 aliphatic heterocycles. The standard InChI is InChI=1S/C16H18Cl2N2O/c1-10(2)19-8-12-7-16(20-9-14(12)18)21-15-6-11(3)4-5-13(15)17/h4-7,9-10,19H,8H2,1-3H3. The summed E-state index contributed by atoms with van der Waals surface area (Å²) in [6.45, 7) is 6.81. The Morgan fingerprint density at radius 1 is 1.19 bits per heavy atom. The molecule has 1 aromatic carbocycles. The van der Waals surface area contributed by atoms with Crippen LogP contribution in [0.1, 0.15) is 25.0 Å². The Bertz CT molecular complexity index is 630. The first-order chi connectivity index (χ1) is 9.95. The Morgan fingerprint density at radius 2 is 1.95 bits per heavy atom. The largest absolute Gasteiger partial charge is 0.437 e. The fraction of sp³-hybridized carbons (Fsp3) is 0.312. The van der Waals surface area contributed by atoms with E-state index in [2.05, 4.69) is 24.1 Å². The third-order valence-corrected chi connectivity index (χ3v) is 3.56. The molecule has 1 aromatic heterocycles. The Balaban J connectivity index is 2.20. The van der Waals surface area contributed by atoms with Crippen LogP contribution in [0, 0.1) is 6.92 Å². The van der Waals surface area contributed by atoms with Gasteiger partial charge in [-0.25, -0.2) is 4.98 Å². The Labute approximate surface area is 135 Å². The van der Waals surface area contributed by atoms with Crippen molar-refractivity contribution in [3.8, 4) is 11.6 Å². The number of nitrogens with zero attached hydrogens (tertiary/aromatic N) is 1. The molecule has 3 nitrogen and oxygen atoms in total. The van der Waals surface area contributed by atoms with Gasteiger partial charge < -0.3 is 10.1 Å². The zero-order valence-corrected chi connectivity index (χ0v) is 13.8. The zero-order chi connectivity index (χ0) is 15.4. The number of pyridine rings is 1. The van der Waals surface area contributed by atoms with Gasteiger partial charge in [0.2, 0.25) is 5.88 Å². The van der Waals surface area contributed by atoms with E-state index in [9.17, 15) is 0 Å². The monoisotopic (exact) mass is 324 g/mol. The zero-order valence-electron chi connectivity index (χ0n) is 12.3. The molecule has 1 heterocycles. The molecule has 21 heavy (non-hydrogen) atoms. The smallest absolute Gasteiger partial charge is 0.219 e. The Hall–Kier alpha value is -1.29. The first kappa shape index (κ1) is 16.1. The number of aryl methyl sites for hydroxylation is 1. The molecule has 2 rings (SSSR count). The first-order valence-electron chi connectivity index (χ1n) is 6.77. The fourth-order valence-corrected chi connectivity index (χ4v) is 2.09. The highest BCUT2D eigenvalue weighted by Crippen LogP contribution is 2.30. The summed E-state index contributed by atoms with van der Waals surface area (Å²) < 4.78 is 5.76. The predicted molar refractivity (Wildman–Crippen MR) is 87.5 cm³/mol. The lowest BCUT2D eigenvalue weighted by Crippen LogP contribution is -2.22. The maximum atomic E-state index is 6.16. The molecule has 0 spiro atoms. The number of hydrogen-bond donors (Lipinski definition) is 1. The molecule has 112 valence electrons. The lowest BCUT2D eigenvalue weighted by atomic mass is 10.2. The van der Waals surface area contributed by atoms with E-state index in [1.165, 1.54) is 0 Å². The van der Waals surface area contributed by atoms with Crippen LogP contribution in [0.15, 0.2) is 30.5 Å². The van der Waals surface area contributed by atoms with E-state index in [1.54, 1.807) is 6.20 Å². The van der Waals surface area contributed by atoms with Gasteiger partial charge in [-0.05, 0) is 30.2 Å². The van der Waals surface area contributed by atoms with E-state index < -0.39 is 0 Å². The first-order valence-corrected chi connectivity index (χ1v) is 7.53. The molecular formula is C16H18Cl2N2O. The van der Waals surface area contributed by atoms with Gasteiger partial charge in [-0.2, -0.15) is 0 Å². The maximum Gasteiger partial charge on any atom is 0.219 e. The number of ether oxygens (including phenoxy) is 1. The van der Waals surface area contributed by atoms with Crippen LogP contribution in [0.4, 0.5) is 0 Å². The van der Waals surface area contributed by atoms with Crippen molar-refractivity contribution in [1.29, 1.82) is 0 Å². The van der Waals surface area contributed by atoms with Crippen LogP contribution in [0.3, 0.4) is 0 Å². The van der Waals surface area contributed by atoms with Gasteiger partial charge >= 0.3 is 0 Å². The summed E-state index contributed by atoms with van der Waals surface area (Å²) in [5.74, 6) is 1.07. The summed E-state index contributed by atoms with van der Waals surface area (Å²) in [5, 5.41) is 4.49. The van der Waals surface area contributed by atoms with Gasteiger partial charge in [-0.1, -0.05) is 43.1 Å². The maximum absolute atomic E-state index is 6.16. The lowest BCUT2D eigenvalue weighted by Gasteiger charge is -2.12. The number of benzene rings is 1. The van der Waals surface area contributed by atoms with Crippen molar-refractivity contribution in [2.45, 2.75) is 33.4 Å². The van der Waals surface area contributed by atoms with Gasteiger partial charge in [0.05, 0.1) is 10.0 Å². The summed E-state index contributed by atoms with van der Waals surface area (Å²) in [7, 11) is 0. The Kier molecular flexibility index (Phi) is 5.45. The minimum absolute atomic E-state index is 0.379. The lowest BCUT2D eigenvalue weighted by molar-refractivity contribution is 0.461. The van der Waals surface area contributed by atoms with E-state index >= 15 is 0 Å². The molecule has 0 bridgehead atoms. The molecule has 1 N–H and O–H groups in total. The fourth-order valence-electron chi connectivity index (χ4n) is 1.77. The number of halogens is 2. The molecule has 0 saturated carbocycles. The topological polar surface area (TPSA) is 34.1 Å². The molecule has 0 atom stereocenters. The van der Waals surface area contributed by atoms with E-state index in [4.69, 9.17) is 27.9 Å². The predicted octanol–water partition coefficient (Wildman–Crippen LogP) is 4.99. The molecular weight excluding hydrogens is 307 g/mol. The average molecular weight is 325 g/mol. The van der Waals surface area contributed by atoms with Crippen LogP contribution in [0.5, 0.6) is 11.6 Å². The second-order valence-corrected chi connectivity index (χ2v) is 6.00. The van der Waals surface area contributed by atoms with Crippen molar-refractivity contribution in [1.82, 2.24) is 10.3 Å². The van der Waals surface area contributed by atoms with E-state index in [0.717, 1.165) is 11.1 Å². The van der Waals surface area contributed by atoms with Crippen LogP contribution in [-0.2, 0) is 6.54 Å². The number of aromatic nitrogens is 1. The highest BCUT2D eigenvalue weighted by atomic mass is 35.5. The van der Waals surface area contributed by atoms with Gasteiger partial charge in [0, 0.05) is 24.8 Å². The second kappa shape index (κ2) is 7.12. The van der Waals surface area contributed by atoms with Crippen molar-refractivity contribution < 1.29 is 4.74 Å². The van der Waals surface area contributed by atoms with Gasteiger partial charge in [-0.15, -0.1) is 0 Å². The van der Waals surface area contributed by atoms with E-state index in [1.807, 2.05) is 31.2 Å². The van der Waals surface area contributed by atoms with Crippen LogP contribution >= 0.6 is 23.2 Å². The molecule has 0 radical (unpaired) electrons. The van der Waals surface area contributed by atoms with Crippen LogP contribution in [-0.4, -0.2) is 11.0 Å². The quantitative estimate of drug-likeness (QED) is 0.841. The molecule has 0 aliphatic carbocycles. The molecule has 0 fully saturated rings. The number of nitrogens with one attached hydrogen (secondary N) is 1. The molecule has 0 unspecified atom stereocenters. The summed E-state index contributed by atoms with van der Waals surface area (Å²) in [6.07, 6.45) is 1.60. The van der Waals surface area contributed by atoms with Crippen molar-refractivity contribution in [2.24, 2.45) is 0 Å². The molecule has 0 aliphatic rings. The summed E-state index contributed by atoms with van der Waals surface area (Å²) in [6, 6.07) is 7.83. The minimum atomic E-state index is 0.379. The number of hydrogen-bond acceptors (Lipinski definition) is 3. The van der Waals surface area contributed by atoms with Crippen molar-refractivity contribution in [2.75, 3.05) is 0 Å². The van der Waals surface area contributed by atoms with Crippen molar-refractivity contribution >= 4 is 23.2 Å². The van der Waals surface area contributed by atoms with Gasteiger partial charge in [0.15, 0.2) is 0 Å². The van der Waals surface area contributed by atoms with E-state index in [-0.39, 0.29) is 0 Å². The van der Waals surface area contributed by atoms with Gasteiger partial charge in [0.25, 0.3) is 0 Å². The number of rotatable bonds is 5. The van der Waals surface area contributed by atoms with Gasteiger partial charge in [-0.3, -0.25) is 0 Å². The third-order valence-electron chi connectivity index (χ3n) is 2.91. The van der Waals surface area contributed by atoms with Crippen molar-refractivity contribution in [3.63, 3.8) is 0 Å². The van der Waals surface area contributed by atoms with Crippen molar-refractivity contribution in [3.05, 3.63) is 51.6 Å². The Morgan fingerprint density at radius 3 is 2.67 bits per heavy atom. The molecule has 0 amide bonds. The molecule has 0 saturated heterocycles. The molecule has 2 aromatic rings. The SMILES string of the molecule is Cc1ccc(Cl)c(Oc2cc(CNC(C)C)c(Cl)cn2)c1. The van der Waals surface area contributed by atoms with Crippen LogP contribution in [0.2, 0.25) is 10.0 Å². The normalized spacial score (nSPS) is 11.0. The second-order valence-electron chi connectivity index (χ2n) is 5.19. The highest BCUT2D eigenvalue weighted by molar-refractivity contribution is 6.32. The summed E-state index contributed by atoms with van der Waals surface area (Å²) in [4.78, 5) is 4.19. The van der Waals surface area contributed by atoms with Crippen LogP contribution in [0.25, 0.3) is 0 Å². The van der Waals surface area contributed by atoms with Crippen LogP contribution < -0.4 is 10.1 Å². The molecule has 5 heteroatoms. The average Bonchev–Trinajstić information content (AvgIpc) is 2.43. The third kappa shape index (κ3) is 4.60. The minimum Gasteiger partial charge on any atom is -0.437 e. The van der Waals surface area contributed by atoms with Gasteiger partial charge in [0.1, 0.15) is 5.75 Å². The summed E-state index contributed by atoms with van der Waals surface area (Å²) in [5.41, 5.74) is 2.02. The summed E-state index contributed by atoms with van der Waals surface area (Å²) >= 11 is 12.3.